The van der Waals surface area contributed by atoms with E-state index in [0.29, 0.717) is 40.6 Å². The number of nitrogens with zero attached hydrogens (tertiary/aromatic N) is 7. The molecule has 0 saturated heterocycles. The number of aromatic nitrogens is 6. The zero-order valence-corrected chi connectivity index (χ0v) is 19.0. The topological polar surface area (TPSA) is 103 Å². The van der Waals surface area contributed by atoms with E-state index in [9.17, 15) is 4.79 Å². The summed E-state index contributed by atoms with van der Waals surface area (Å²) >= 11 is 0. The van der Waals surface area contributed by atoms with Gasteiger partial charge >= 0.3 is 0 Å². The SMILES string of the molecule is CCOc1cc2ncc(NC)c(N(C(C)=O)c3cn(C)nc3C)c2cc1-c1cnn(C)n1. The second-order valence-electron chi connectivity index (χ2n) is 7.42. The first-order chi connectivity index (χ1) is 15.3. The fourth-order valence-electron chi connectivity index (χ4n) is 3.83. The van der Waals surface area contributed by atoms with E-state index in [2.05, 4.69) is 25.6 Å². The third-order valence-corrected chi connectivity index (χ3v) is 5.15. The Labute approximate surface area is 185 Å². The van der Waals surface area contributed by atoms with Crippen molar-refractivity contribution in [2.24, 2.45) is 14.1 Å². The van der Waals surface area contributed by atoms with Crippen LogP contribution in [-0.4, -0.2) is 49.3 Å². The van der Waals surface area contributed by atoms with Gasteiger partial charge in [-0.1, -0.05) is 0 Å². The highest BCUT2D eigenvalue weighted by atomic mass is 16.5. The van der Waals surface area contributed by atoms with Gasteiger partial charge in [0.1, 0.15) is 11.4 Å². The number of ether oxygens (including phenoxy) is 1. The van der Waals surface area contributed by atoms with E-state index in [-0.39, 0.29) is 5.91 Å². The van der Waals surface area contributed by atoms with E-state index in [4.69, 9.17) is 4.74 Å². The van der Waals surface area contributed by atoms with Crippen LogP contribution in [0.1, 0.15) is 19.5 Å². The van der Waals surface area contributed by atoms with E-state index in [1.165, 1.54) is 11.7 Å². The number of hydrogen-bond acceptors (Lipinski definition) is 7. The van der Waals surface area contributed by atoms with Crippen LogP contribution in [0.2, 0.25) is 0 Å². The molecule has 166 valence electrons. The number of pyridine rings is 1. The molecule has 1 N–H and O–H groups in total. The maximum atomic E-state index is 12.9. The molecule has 0 radical (unpaired) electrons. The molecule has 1 amide bonds. The van der Waals surface area contributed by atoms with Crippen molar-refractivity contribution in [1.82, 2.24) is 29.8 Å². The Morgan fingerprint density at radius 2 is 2.00 bits per heavy atom. The van der Waals surface area contributed by atoms with Gasteiger partial charge in [-0.05, 0) is 19.9 Å². The molecule has 0 aliphatic carbocycles. The van der Waals surface area contributed by atoms with Gasteiger partial charge in [-0.3, -0.25) is 19.4 Å². The summed E-state index contributed by atoms with van der Waals surface area (Å²) in [7, 11) is 5.40. The summed E-state index contributed by atoms with van der Waals surface area (Å²) in [6.07, 6.45) is 5.24. The van der Waals surface area contributed by atoms with Crippen LogP contribution < -0.4 is 15.0 Å². The highest BCUT2D eigenvalue weighted by Crippen LogP contribution is 2.42. The van der Waals surface area contributed by atoms with Gasteiger partial charge in [0, 0.05) is 51.3 Å². The van der Waals surface area contributed by atoms with Crippen LogP contribution in [0.5, 0.6) is 5.75 Å². The lowest BCUT2D eigenvalue weighted by atomic mass is 10.0. The molecule has 0 spiro atoms. The van der Waals surface area contributed by atoms with Gasteiger partial charge in [0.2, 0.25) is 5.91 Å². The monoisotopic (exact) mass is 434 g/mol. The number of carbonyl (C=O) groups excluding carboxylic acids is 1. The zero-order valence-electron chi connectivity index (χ0n) is 19.0. The van der Waals surface area contributed by atoms with Crippen LogP contribution in [0.4, 0.5) is 17.1 Å². The highest BCUT2D eigenvalue weighted by Gasteiger charge is 2.25. The Morgan fingerprint density at radius 3 is 2.56 bits per heavy atom. The highest BCUT2D eigenvalue weighted by molar-refractivity contribution is 6.12. The molecule has 0 fully saturated rings. The maximum Gasteiger partial charge on any atom is 0.228 e. The van der Waals surface area contributed by atoms with Gasteiger partial charge < -0.3 is 10.1 Å². The molecule has 0 atom stereocenters. The third-order valence-electron chi connectivity index (χ3n) is 5.15. The number of hydrogen-bond donors (Lipinski definition) is 1. The predicted molar refractivity (Wildman–Crippen MR) is 123 cm³/mol. The van der Waals surface area contributed by atoms with E-state index in [1.807, 2.05) is 39.2 Å². The summed E-state index contributed by atoms with van der Waals surface area (Å²) < 4.78 is 7.59. The Balaban J connectivity index is 2.06. The van der Waals surface area contributed by atoms with Crippen molar-refractivity contribution in [3.8, 4) is 17.0 Å². The van der Waals surface area contributed by atoms with Crippen LogP contribution in [0.3, 0.4) is 0 Å². The first-order valence-corrected chi connectivity index (χ1v) is 10.3. The molecule has 10 nitrogen and oxygen atoms in total. The standard InChI is InChI=1S/C22H26N8O2/c1-7-32-21-9-17-16(8-15(21)18-11-25-29(6)27-18)22(19(23-4)10-24-17)30(14(3)31)20-12-28(5)26-13(20)2/h8-12,23H,7H2,1-6H3. The van der Waals surface area contributed by atoms with Gasteiger partial charge in [-0.15, -0.1) is 0 Å². The number of fused-ring (bicyclic) bond motifs is 1. The van der Waals surface area contributed by atoms with E-state index in [0.717, 1.165) is 16.6 Å². The summed E-state index contributed by atoms with van der Waals surface area (Å²) in [6, 6.07) is 3.83. The molecule has 0 aliphatic heterocycles. The predicted octanol–water partition coefficient (Wildman–Crippen LogP) is 3.20. The molecule has 0 saturated carbocycles. The Kier molecular flexibility index (Phi) is 5.52. The summed E-state index contributed by atoms with van der Waals surface area (Å²) in [4.78, 5) is 20.7. The molecular formula is C22H26N8O2. The summed E-state index contributed by atoms with van der Waals surface area (Å²) in [5.41, 5.74) is 5.00. The van der Waals surface area contributed by atoms with Gasteiger partial charge in [-0.2, -0.15) is 20.1 Å². The average Bonchev–Trinajstić information content (AvgIpc) is 3.32. The van der Waals surface area contributed by atoms with E-state index in [1.54, 1.807) is 36.1 Å². The van der Waals surface area contributed by atoms with E-state index >= 15 is 0 Å². The van der Waals surface area contributed by atoms with Crippen molar-refractivity contribution >= 4 is 33.9 Å². The lowest BCUT2D eigenvalue weighted by Crippen LogP contribution is -2.24. The minimum atomic E-state index is -0.139. The number of carbonyl (C=O) groups is 1. The molecular weight excluding hydrogens is 408 g/mol. The van der Waals surface area contributed by atoms with Crippen LogP contribution in [0.15, 0.2) is 30.7 Å². The molecule has 4 aromatic rings. The molecule has 1 aromatic carbocycles. The van der Waals surface area contributed by atoms with Crippen molar-refractivity contribution in [2.45, 2.75) is 20.8 Å². The normalized spacial score (nSPS) is 11.1. The molecule has 32 heavy (non-hydrogen) atoms. The lowest BCUT2D eigenvalue weighted by Gasteiger charge is -2.25. The first-order valence-electron chi connectivity index (χ1n) is 10.3. The minimum absolute atomic E-state index is 0.139. The van der Waals surface area contributed by atoms with Crippen molar-refractivity contribution in [3.05, 3.63) is 36.4 Å². The number of rotatable bonds is 6. The number of amides is 1. The van der Waals surface area contributed by atoms with Gasteiger partial charge in [0.05, 0.1) is 47.3 Å². The number of benzene rings is 1. The Morgan fingerprint density at radius 1 is 1.22 bits per heavy atom. The summed E-state index contributed by atoms with van der Waals surface area (Å²) in [5, 5.41) is 17.0. The van der Waals surface area contributed by atoms with Crippen LogP contribution >= 0.6 is 0 Å². The summed E-state index contributed by atoms with van der Waals surface area (Å²) in [5.74, 6) is 0.517. The Bertz CT molecular complexity index is 1310. The fraction of sp³-hybridized carbons (Fsp3) is 0.318. The van der Waals surface area contributed by atoms with Crippen LogP contribution in [-0.2, 0) is 18.9 Å². The van der Waals surface area contributed by atoms with Crippen LogP contribution in [0, 0.1) is 6.92 Å². The van der Waals surface area contributed by atoms with Gasteiger partial charge in [-0.25, -0.2) is 0 Å². The van der Waals surface area contributed by atoms with Crippen molar-refractivity contribution in [1.29, 1.82) is 0 Å². The maximum absolute atomic E-state index is 12.9. The van der Waals surface area contributed by atoms with Gasteiger partial charge in [0.15, 0.2) is 0 Å². The first kappa shape index (κ1) is 21.3. The van der Waals surface area contributed by atoms with Crippen LogP contribution in [0.25, 0.3) is 22.2 Å². The quantitative estimate of drug-likeness (QED) is 0.497. The molecule has 10 heteroatoms. The lowest BCUT2D eigenvalue weighted by molar-refractivity contribution is -0.115. The minimum Gasteiger partial charge on any atom is -0.493 e. The molecule has 0 unspecified atom stereocenters. The smallest absolute Gasteiger partial charge is 0.228 e. The van der Waals surface area contributed by atoms with Gasteiger partial charge in [0.25, 0.3) is 0 Å². The molecule has 3 aromatic heterocycles. The Hall–Kier alpha value is -3.95. The molecule has 4 rings (SSSR count). The number of nitrogens with one attached hydrogen (secondary N) is 1. The number of aryl methyl sites for hydroxylation is 3. The molecule has 3 heterocycles. The molecule has 0 bridgehead atoms. The van der Waals surface area contributed by atoms with E-state index < -0.39 is 0 Å². The number of anilines is 3. The van der Waals surface area contributed by atoms with Crippen molar-refractivity contribution in [3.63, 3.8) is 0 Å². The van der Waals surface area contributed by atoms with Crippen molar-refractivity contribution < 1.29 is 9.53 Å². The zero-order chi connectivity index (χ0) is 23.0. The molecule has 0 aliphatic rings. The average molecular weight is 435 g/mol. The summed E-state index contributed by atoms with van der Waals surface area (Å²) in [6.45, 7) is 5.84. The third kappa shape index (κ3) is 3.64. The van der Waals surface area contributed by atoms with Crippen molar-refractivity contribution in [2.75, 3.05) is 23.9 Å². The second-order valence-corrected chi connectivity index (χ2v) is 7.42. The largest absolute Gasteiger partial charge is 0.493 e. The second kappa shape index (κ2) is 8.29. The fourth-order valence-corrected chi connectivity index (χ4v) is 3.83.